The van der Waals surface area contributed by atoms with Crippen LogP contribution in [0.25, 0.3) is 11.3 Å². The molecular weight excluding hydrogens is 222 g/mol. The molecule has 2 aromatic rings. The van der Waals surface area contributed by atoms with Gasteiger partial charge in [-0.3, -0.25) is 4.79 Å². The Balaban J connectivity index is 2.21. The van der Waals surface area contributed by atoms with Gasteiger partial charge in [-0.25, -0.2) is 4.68 Å². The lowest BCUT2D eigenvalue weighted by molar-refractivity contribution is -0.137. The van der Waals surface area contributed by atoms with Crippen LogP contribution in [0.2, 0.25) is 0 Å². The molecule has 0 radical (unpaired) electrons. The van der Waals surface area contributed by atoms with Crippen molar-refractivity contribution in [1.82, 2.24) is 15.0 Å². The van der Waals surface area contributed by atoms with Crippen LogP contribution in [-0.2, 0) is 11.3 Å². The number of rotatable bonds is 4. The molecule has 1 heterocycles. The minimum atomic E-state index is -0.948. The van der Waals surface area contributed by atoms with Gasteiger partial charge in [0.05, 0.1) is 13.3 Å². The van der Waals surface area contributed by atoms with Gasteiger partial charge in [0, 0.05) is 5.56 Å². The monoisotopic (exact) mass is 233 g/mol. The summed E-state index contributed by atoms with van der Waals surface area (Å²) in [5.41, 5.74) is 1.50. The molecule has 1 aromatic carbocycles. The fourth-order valence-electron chi connectivity index (χ4n) is 1.41. The molecule has 1 N–H and O–H groups in total. The fourth-order valence-corrected chi connectivity index (χ4v) is 1.41. The lowest BCUT2D eigenvalue weighted by Gasteiger charge is -1.99. The molecule has 0 saturated carbocycles. The molecular formula is C11H11N3O3. The molecule has 6 nitrogen and oxygen atoms in total. The van der Waals surface area contributed by atoms with Crippen LogP contribution in [0.3, 0.4) is 0 Å². The Bertz CT molecular complexity index is 519. The van der Waals surface area contributed by atoms with Crippen LogP contribution < -0.4 is 4.74 Å². The first-order valence-corrected chi connectivity index (χ1v) is 4.95. The minimum absolute atomic E-state index is 0.191. The second-order valence-electron chi connectivity index (χ2n) is 3.42. The van der Waals surface area contributed by atoms with Gasteiger partial charge in [-0.2, -0.15) is 0 Å². The molecule has 0 fully saturated rings. The van der Waals surface area contributed by atoms with E-state index in [2.05, 4.69) is 10.3 Å². The van der Waals surface area contributed by atoms with E-state index in [9.17, 15) is 4.79 Å². The summed E-state index contributed by atoms with van der Waals surface area (Å²) in [4.78, 5) is 10.5. The van der Waals surface area contributed by atoms with E-state index in [-0.39, 0.29) is 6.54 Å². The minimum Gasteiger partial charge on any atom is -0.497 e. The maximum Gasteiger partial charge on any atom is 0.325 e. The van der Waals surface area contributed by atoms with Crippen LogP contribution in [0, 0.1) is 0 Å². The number of aliphatic carboxylic acids is 1. The number of hydrogen-bond acceptors (Lipinski definition) is 4. The lowest BCUT2D eigenvalue weighted by Crippen LogP contribution is -2.08. The number of benzene rings is 1. The summed E-state index contributed by atoms with van der Waals surface area (Å²) < 4.78 is 6.32. The average molecular weight is 233 g/mol. The van der Waals surface area contributed by atoms with Crippen molar-refractivity contribution in [3.05, 3.63) is 30.5 Å². The third-order valence-electron chi connectivity index (χ3n) is 2.22. The summed E-state index contributed by atoms with van der Waals surface area (Å²) in [5, 5.41) is 16.2. The highest BCUT2D eigenvalue weighted by atomic mass is 16.5. The largest absolute Gasteiger partial charge is 0.497 e. The van der Waals surface area contributed by atoms with E-state index < -0.39 is 5.97 Å². The van der Waals surface area contributed by atoms with Crippen molar-refractivity contribution in [1.29, 1.82) is 0 Å². The SMILES string of the molecule is COc1ccc(-c2cn(CC(=O)O)nn2)cc1. The van der Waals surface area contributed by atoms with E-state index in [0.717, 1.165) is 11.3 Å². The smallest absolute Gasteiger partial charge is 0.325 e. The molecule has 2 rings (SSSR count). The van der Waals surface area contributed by atoms with Gasteiger partial charge in [0.2, 0.25) is 0 Å². The van der Waals surface area contributed by atoms with E-state index in [1.807, 2.05) is 24.3 Å². The Morgan fingerprint density at radius 3 is 2.71 bits per heavy atom. The zero-order chi connectivity index (χ0) is 12.3. The lowest BCUT2D eigenvalue weighted by atomic mass is 10.2. The topological polar surface area (TPSA) is 77.2 Å². The summed E-state index contributed by atoms with van der Waals surface area (Å²) in [6, 6.07) is 7.30. The van der Waals surface area contributed by atoms with Crippen molar-refractivity contribution in [2.24, 2.45) is 0 Å². The Morgan fingerprint density at radius 1 is 1.41 bits per heavy atom. The number of carbonyl (C=O) groups is 1. The van der Waals surface area contributed by atoms with Crippen LogP contribution in [0.4, 0.5) is 0 Å². The summed E-state index contributed by atoms with van der Waals surface area (Å²) in [7, 11) is 1.60. The van der Waals surface area contributed by atoms with Gasteiger partial charge in [0.25, 0.3) is 0 Å². The van der Waals surface area contributed by atoms with Gasteiger partial charge in [-0.15, -0.1) is 5.10 Å². The van der Waals surface area contributed by atoms with Crippen LogP contribution in [-0.4, -0.2) is 33.2 Å². The molecule has 0 bridgehead atoms. The van der Waals surface area contributed by atoms with E-state index in [0.29, 0.717) is 5.69 Å². The molecule has 0 amide bonds. The van der Waals surface area contributed by atoms with Crippen LogP contribution in [0.5, 0.6) is 5.75 Å². The summed E-state index contributed by atoms with van der Waals surface area (Å²) in [6.07, 6.45) is 1.59. The Labute approximate surface area is 97.4 Å². The van der Waals surface area contributed by atoms with E-state index >= 15 is 0 Å². The fraction of sp³-hybridized carbons (Fsp3) is 0.182. The highest BCUT2D eigenvalue weighted by molar-refractivity contribution is 5.66. The number of nitrogens with zero attached hydrogens (tertiary/aromatic N) is 3. The molecule has 0 aliphatic rings. The number of carboxylic acids is 1. The highest BCUT2D eigenvalue weighted by Gasteiger charge is 2.06. The predicted molar refractivity (Wildman–Crippen MR) is 59.6 cm³/mol. The van der Waals surface area contributed by atoms with Crippen molar-refractivity contribution >= 4 is 5.97 Å². The van der Waals surface area contributed by atoms with Gasteiger partial charge < -0.3 is 9.84 Å². The number of ether oxygens (including phenoxy) is 1. The summed E-state index contributed by atoms with van der Waals surface area (Å²) in [6.45, 7) is -0.191. The van der Waals surface area contributed by atoms with Crippen LogP contribution in [0.1, 0.15) is 0 Å². The van der Waals surface area contributed by atoms with Crippen molar-refractivity contribution in [2.45, 2.75) is 6.54 Å². The van der Waals surface area contributed by atoms with Crippen molar-refractivity contribution in [3.63, 3.8) is 0 Å². The molecule has 1 aromatic heterocycles. The van der Waals surface area contributed by atoms with Gasteiger partial charge in [0.1, 0.15) is 18.0 Å². The van der Waals surface area contributed by atoms with Crippen LogP contribution >= 0.6 is 0 Å². The van der Waals surface area contributed by atoms with E-state index in [1.165, 1.54) is 4.68 Å². The first-order chi connectivity index (χ1) is 8.19. The zero-order valence-corrected chi connectivity index (χ0v) is 9.20. The van der Waals surface area contributed by atoms with Crippen molar-refractivity contribution in [3.8, 4) is 17.0 Å². The normalized spacial score (nSPS) is 10.2. The Morgan fingerprint density at radius 2 is 2.12 bits per heavy atom. The van der Waals surface area contributed by atoms with Crippen molar-refractivity contribution in [2.75, 3.05) is 7.11 Å². The van der Waals surface area contributed by atoms with E-state index in [4.69, 9.17) is 9.84 Å². The summed E-state index contributed by atoms with van der Waals surface area (Å²) in [5.74, 6) is -0.192. The molecule has 6 heteroatoms. The predicted octanol–water partition coefficient (Wildman–Crippen LogP) is 1.04. The molecule has 0 atom stereocenters. The van der Waals surface area contributed by atoms with Gasteiger partial charge in [-0.05, 0) is 24.3 Å². The van der Waals surface area contributed by atoms with Crippen molar-refractivity contribution < 1.29 is 14.6 Å². The maximum absolute atomic E-state index is 10.5. The molecule has 17 heavy (non-hydrogen) atoms. The number of methoxy groups -OCH3 is 1. The number of aromatic nitrogens is 3. The molecule has 0 aliphatic heterocycles. The second kappa shape index (κ2) is 4.65. The molecule has 0 unspecified atom stereocenters. The molecule has 88 valence electrons. The van der Waals surface area contributed by atoms with Gasteiger partial charge in [-0.1, -0.05) is 5.21 Å². The Kier molecular flexibility index (Phi) is 3.04. The third kappa shape index (κ3) is 2.60. The third-order valence-corrected chi connectivity index (χ3v) is 2.22. The molecule has 0 saturated heterocycles. The number of hydrogen-bond donors (Lipinski definition) is 1. The quantitative estimate of drug-likeness (QED) is 0.853. The highest BCUT2D eigenvalue weighted by Crippen LogP contribution is 2.19. The van der Waals surface area contributed by atoms with Gasteiger partial charge in [0.15, 0.2) is 0 Å². The molecule has 0 aliphatic carbocycles. The second-order valence-corrected chi connectivity index (χ2v) is 3.42. The van der Waals surface area contributed by atoms with E-state index in [1.54, 1.807) is 13.3 Å². The maximum atomic E-state index is 10.5. The average Bonchev–Trinajstić information content (AvgIpc) is 2.77. The standard InChI is InChI=1S/C11H11N3O3/c1-17-9-4-2-8(3-5-9)10-6-14(13-12-10)7-11(15)16/h2-6H,7H2,1H3,(H,15,16). The van der Waals surface area contributed by atoms with Crippen LogP contribution in [0.15, 0.2) is 30.5 Å². The Hall–Kier alpha value is -2.37. The van der Waals surface area contributed by atoms with Gasteiger partial charge >= 0.3 is 5.97 Å². The first kappa shape index (κ1) is 11.1. The molecule has 0 spiro atoms. The number of carboxylic acid groups (broad SMARTS) is 1. The summed E-state index contributed by atoms with van der Waals surface area (Å²) >= 11 is 0. The first-order valence-electron chi connectivity index (χ1n) is 4.95. The zero-order valence-electron chi connectivity index (χ0n) is 9.20.